The molecule has 0 radical (unpaired) electrons. The van der Waals surface area contributed by atoms with E-state index in [0.717, 1.165) is 0 Å². The molecule has 0 aromatic carbocycles. The molecule has 0 spiro atoms. The van der Waals surface area contributed by atoms with Crippen molar-refractivity contribution in [1.29, 1.82) is 0 Å². The fourth-order valence-electron chi connectivity index (χ4n) is 0. The average Bonchev–Trinajstić information content (AvgIpc) is 0. The topological polar surface area (TPSA) is 31.5 Å². The molecule has 0 heterocycles. The fourth-order valence-corrected chi connectivity index (χ4v) is 0. The van der Waals surface area contributed by atoms with Gasteiger partial charge in [0.2, 0.25) is 0 Å². The summed E-state index contributed by atoms with van der Waals surface area (Å²) in [5.74, 6) is 0. The molecule has 0 unspecified atom stereocenters. The zero-order chi connectivity index (χ0) is 0. The molecule has 0 fully saturated rings. The van der Waals surface area contributed by atoms with E-state index in [4.69, 9.17) is 0 Å². The van der Waals surface area contributed by atoms with E-state index in [1.54, 1.807) is 0 Å². The maximum atomic E-state index is 0. The van der Waals surface area contributed by atoms with Crippen LogP contribution in [0.25, 0.3) is 0 Å². The number of hydrogen-bond acceptors (Lipinski definition) is 0. The summed E-state index contributed by atoms with van der Waals surface area (Å²) in [6.07, 6.45) is 0. The Morgan fingerprint density at radius 1 is 0.750 bits per heavy atom. The van der Waals surface area contributed by atoms with Gasteiger partial charge in [0.15, 0.2) is 0 Å². The van der Waals surface area contributed by atoms with Crippen LogP contribution in [0.15, 0.2) is 0 Å². The van der Waals surface area contributed by atoms with Crippen LogP contribution in [0.5, 0.6) is 0 Å². The van der Waals surface area contributed by atoms with Gasteiger partial charge >= 0.3 is 75.5 Å². The third-order valence-corrected chi connectivity index (χ3v) is 0. The molecule has 0 atom stereocenters. The van der Waals surface area contributed by atoms with Gasteiger partial charge in [0.1, 0.15) is 0 Å². The molecule has 0 amide bonds. The Morgan fingerprint density at radius 2 is 0.750 bits per heavy atom. The van der Waals surface area contributed by atoms with Gasteiger partial charge in [-0.2, -0.15) is 13.5 Å². The fraction of sp³-hybridized carbons (Fsp3) is 0. The second kappa shape index (κ2) is 17.0. The molecule has 0 bridgehead atoms. The van der Waals surface area contributed by atoms with E-state index in [1.807, 2.05) is 0 Å². The summed E-state index contributed by atoms with van der Waals surface area (Å²) in [6, 6.07) is 0. The second-order valence-corrected chi connectivity index (χ2v) is 0. The van der Waals surface area contributed by atoms with Crippen molar-refractivity contribution in [1.82, 2.24) is 0 Å². The van der Waals surface area contributed by atoms with E-state index in [2.05, 4.69) is 0 Å². The molecule has 1 nitrogen and oxygen atoms in total. The van der Waals surface area contributed by atoms with Crippen LogP contribution in [0.3, 0.4) is 0 Å². The molecule has 0 aliphatic rings. The molecular formula is H8Ca2OS. The number of hydrogen-bond donors (Lipinski definition) is 0. The molecule has 24 valence electrons. The van der Waals surface area contributed by atoms with Crippen LogP contribution in [0.1, 0.15) is 0 Å². The first-order valence-electron chi connectivity index (χ1n) is 0. The van der Waals surface area contributed by atoms with Gasteiger partial charge in [-0.15, -0.1) is 0 Å². The molecule has 0 saturated carbocycles. The molecule has 0 aromatic rings. The van der Waals surface area contributed by atoms with E-state index >= 15 is 0 Å². The predicted octanol–water partition coefficient (Wildman–Crippen LogP) is -2.54. The molecule has 0 aliphatic heterocycles. The summed E-state index contributed by atoms with van der Waals surface area (Å²) in [4.78, 5) is 0. The quantitative estimate of drug-likeness (QED) is 0.329. The van der Waals surface area contributed by atoms with Gasteiger partial charge < -0.3 is 5.48 Å². The molecule has 0 aromatic heterocycles. The Balaban J connectivity index is 0. The van der Waals surface area contributed by atoms with Crippen molar-refractivity contribution in [3.63, 3.8) is 0 Å². The van der Waals surface area contributed by atoms with Crippen molar-refractivity contribution < 1.29 is 5.48 Å². The Hall–Kier alpha value is 2.83. The van der Waals surface area contributed by atoms with Crippen molar-refractivity contribution in [2.24, 2.45) is 0 Å². The van der Waals surface area contributed by atoms with Gasteiger partial charge in [-0.25, -0.2) is 0 Å². The SMILES string of the molecule is O.S.[CaH2].[CaH2]. The summed E-state index contributed by atoms with van der Waals surface area (Å²) >= 11 is 0. The van der Waals surface area contributed by atoms with Gasteiger partial charge in [-0.05, 0) is 0 Å². The van der Waals surface area contributed by atoms with Crippen LogP contribution >= 0.6 is 13.5 Å². The molecule has 4 heavy (non-hydrogen) atoms. The van der Waals surface area contributed by atoms with Crippen molar-refractivity contribution >= 4 is 89.0 Å². The minimum atomic E-state index is 0. The summed E-state index contributed by atoms with van der Waals surface area (Å²) in [5, 5.41) is 0. The van der Waals surface area contributed by atoms with Gasteiger partial charge in [0, 0.05) is 0 Å². The Labute approximate surface area is 92.3 Å². The van der Waals surface area contributed by atoms with E-state index in [1.165, 1.54) is 0 Å². The normalized spacial score (nSPS) is 0. The summed E-state index contributed by atoms with van der Waals surface area (Å²) < 4.78 is 0. The minimum absolute atomic E-state index is 0. The summed E-state index contributed by atoms with van der Waals surface area (Å²) in [7, 11) is 0. The predicted molar refractivity (Wildman–Crippen MR) is 31.1 cm³/mol. The first-order valence-corrected chi connectivity index (χ1v) is 0. The van der Waals surface area contributed by atoms with E-state index in [-0.39, 0.29) is 94.4 Å². The van der Waals surface area contributed by atoms with E-state index in [9.17, 15) is 0 Å². The monoisotopic (exact) mass is 136 g/mol. The number of rotatable bonds is 0. The van der Waals surface area contributed by atoms with Crippen LogP contribution in [0, 0.1) is 0 Å². The average molecular weight is 136 g/mol. The van der Waals surface area contributed by atoms with Crippen LogP contribution < -0.4 is 0 Å². The molecule has 0 saturated heterocycles. The molecule has 0 aliphatic carbocycles. The zero-order valence-electron chi connectivity index (χ0n) is 1.00. The van der Waals surface area contributed by atoms with Crippen molar-refractivity contribution in [3.8, 4) is 0 Å². The van der Waals surface area contributed by atoms with Crippen LogP contribution in [0.4, 0.5) is 0 Å². The first-order chi connectivity index (χ1) is 0. The van der Waals surface area contributed by atoms with E-state index < -0.39 is 0 Å². The third-order valence-electron chi connectivity index (χ3n) is 0. The first kappa shape index (κ1) is 29.0. The maximum absolute atomic E-state index is 0. The van der Waals surface area contributed by atoms with Gasteiger partial charge in [0.25, 0.3) is 0 Å². The summed E-state index contributed by atoms with van der Waals surface area (Å²) in [5.41, 5.74) is 0. The third kappa shape index (κ3) is 8.85. The van der Waals surface area contributed by atoms with Crippen molar-refractivity contribution in [2.45, 2.75) is 0 Å². The van der Waals surface area contributed by atoms with Crippen LogP contribution in [-0.2, 0) is 0 Å². The Bertz CT molecular complexity index is 6.00. The summed E-state index contributed by atoms with van der Waals surface area (Å²) in [6.45, 7) is 0. The van der Waals surface area contributed by atoms with Crippen molar-refractivity contribution in [2.75, 3.05) is 0 Å². The molecular weight excluding hydrogens is 128 g/mol. The van der Waals surface area contributed by atoms with Crippen molar-refractivity contribution in [3.05, 3.63) is 0 Å². The van der Waals surface area contributed by atoms with Crippen LogP contribution in [-0.4, -0.2) is 81.0 Å². The Morgan fingerprint density at radius 3 is 0.750 bits per heavy atom. The van der Waals surface area contributed by atoms with Gasteiger partial charge in [-0.3, -0.25) is 0 Å². The van der Waals surface area contributed by atoms with Crippen LogP contribution in [0.2, 0.25) is 0 Å². The standard InChI is InChI=1S/2Ca.H2O.H2S.4H/h;;2*1H2;;;;. The van der Waals surface area contributed by atoms with Gasteiger partial charge in [-0.1, -0.05) is 0 Å². The molecule has 0 rings (SSSR count). The van der Waals surface area contributed by atoms with E-state index in [0.29, 0.717) is 0 Å². The molecule has 4 heteroatoms. The molecule has 2 N–H and O–H groups in total. The Kier molecular flexibility index (Phi) is 123. The van der Waals surface area contributed by atoms with Gasteiger partial charge in [0.05, 0.1) is 0 Å². The zero-order valence-corrected chi connectivity index (χ0v) is 2.00. The second-order valence-electron chi connectivity index (χ2n) is 0.